The number of carbonyl (C=O) groups is 1. The zero-order chi connectivity index (χ0) is 18.7. The first-order valence-corrected chi connectivity index (χ1v) is 8.04. The molecule has 0 atom stereocenters. The van der Waals surface area contributed by atoms with E-state index in [1.54, 1.807) is 32.2 Å². The molecular weight excluding hydrogens is 340 g/mol. The van der Waals surface area contributed by atoms with Gasteiger partial charge in [-0.15, -0.1) is 0 Å². The summed E-state index contributed by atoms with van der Waals surface area (Å²) in [4.78, 5) is 12.6. The Labute approximate surface area is 149 Å². The highest BCUT2D eigenvalue weighted by atomic mass is 19.1. The van der Waals surface area contributed by atoms with Gasteiger partial charge in [0.25, 0.3) is 5.91 Å². The van der Waals surface area contributed by atoms with E-state index in [1.165, 1.54) is 35.0 Å². The van der Waals surface area contributed by atoms with Crippen LogP contribution in [0.15, 0.2) is 48.7 Å². The summed E-state index contributed by atoms with van der Waals surface area (Å²) in [5, 5.41) is 6.83. The molecule has 1 heterocycles. The number of aryl methyl sites for hydroxylation is 1. The van der Waals surface area contributed by atoms with Crippen molar-refractivity contribution in [1.29, 1.82) is 0 Å². The van der Waals surface area contributed by atoms with Gasteiger partial charge in [0, 0.05) is 5.69 Å². The molecule has 1 N–H and O–H groups in total. The maximum atomic E-state index is 13.7. The van der Waals surface area contributed by atoms with Gasteiger partial charge in [0.15, 0.2) is 11.4 Å². The van der Waals surface area contributed by atoms with Crippen LogP contribution in [-0.4, -0.2) is 22.3 Å². The number of nitrogens with one attached hydrogen (secondary N) is 1. The van der Waals surface area contributed by atoms with Gasteiger partial charge < -0.3 is 10.1 Å². The predicted molar refractivity (Wildman–Crippen MR) is 93.8 cm³/mol. The van der Waals surface area contributed by atoms with E-state index in [-0.39, 0.29) is 17.3 Å². The smallest absolute Gasteiger partial charge is 0.280 e. The van der Waals surface area contributed by atoms with Crippen LogP contribution in [-0.2, 0) is 0 Å². The molecule has 0 saturated heterocycles. The van der Waals surface area contributed by atoms with Gasteiger partial charge in [0.05, 0.1) is 18.5 Å². The van der Waals surface area contributed by atoms with Gasteiger partial charge in [-0.1, -0.05) is 6.07 Å². The van der Waals surface area contributed by atoms with Crippen molar-refractivity contribution in [2.45, 2.75) is 13.8 Å². The van der Waals surface area contributed by atoms with Crippen molar-refractivity contribution in [3.05, 3.63) is 71.6 Å². The van der Waals surface area contributed by atoms with E-state index in [0.29, 0.717) is 23.5 Å². The normalized spacial score (nSPS) is 10.6. The van der Waals surface area contributed by atoms with E-state index in [0.717, 1.165) is 0 Å². The molecule has 0 aliphatic carbocycles. The number of amides is 1. The summed E-state index contributed by atoms with van der Waals surface area (Å²) in [5.74, 6) is -1.03. The molecule has 0 saturated carbocycles. The molecule has 134 valence electrons. The summed E-state index contributed by atoms with van der Waals surface area (Å²) in [5.41, 5.74) is 1.43. The van der Waals surface area contributed by atoms with Crippen molar-refractivity contribution in [3.8, 4) is 11.4 Å². The summed E-state index contributed by atoms with van der Waals surface area (Å²) < 4.78 is 33.7. The number of halogens is 2. The van der Waals surface area contributed by atoms with E-state index in [2.05, 4.69) is 10.4 Å². The molecule has 5 nitrogen and oxygen atoms in total. The first kappa shape index (κ1) is 17.6. The van der Waals surface area contributed by atoms with Crippen molar-refractivity contribution >= 4 is 11.6 Å². The minimum atomic E-state index is -0.530. The molecule has 3 rings (SSSR count). The first-order valence-electron chi connectivity index (χ1n) is 8.04. The van der Waals surface area contributed by atoms with Gasteiger partial charge in [-0.2, -0.15) is 5.10 Å². The van der Waals surface area contributed by atoms with Gasteiger partial charge in [0.2, 0.25) is 0 Å². The molecule has 0 aliphatic rings. The molecule has 1 aromatic heterocycles. The standard InChI is InChI=1S/C19H17F2N3O2/c1-3-26-17-11-24(15-8-5-13(20)6-9-15)23-18(17)19(25)22-14-7-4-12(2)16(21)10-14/h4-11H,3H2,1-2H3,(H,22,25). The molecule has 3 aromatic rings. The maximum Gasteiger partial charge on any atom is 0.280 e. The summed E-state index contributed by atoms with van der Waals surface area (Å²) >= 11 is 0. The molecule has 0 aliphatic heterocycles. The number of nitrogens with zero attached hydrogens (tertiary/aromatic N) is 2. The second-order valence-electron chi connectivity index (χ2n) is 5.61. The Morgan fingerprint density at radius 2 is 1.92 bits per heavy atom. The minimum Gasteiger partial charge on any atom is -0.490 e. The van der Waals surface area contributed by atoms with Crippen molar-refractivity contribution in [2.24, 2.45) is 0 Å². The number of carbonyl (C=O) groups excluding carboxylic acids is 1. The topological polar surface area (TPSA) is 56.2 Å². The van der Waals surface area contributed by atoms with Gasteiger partial charge in [-0.25, -0.2) is 13.5 Å². The lowest BCUT2D eigenvalue weighted by molar-refractivity contribution is 0.101. The van der Waals surface area contributed by atoms with Crippen LogP contribution in [0.3, 0.4) is 0 Å². The number of benzene rings is 2. The molecule has 2 aromatic carbocycles. The fraction of sp³-hybridized carbons (Fsp3) is 0.158. The molecule has 0 radical (unpaired) electrons. The Balaban J connectivity index is 1.90. The first-order chi connectivity index (χ1) is 12.5. The molecule has 1 amide bonds. The molecule has 0 unspecified atom stereocenters. The molecular formula is C19H17F2N3O2. The summed E-state index contributed by atoms with van der Waals surface area (Å²) in [7, 11) is 0. The van der Waals surface area contributed by atoms with Gasteiger partial charge in [0.1, 0.15) is 11.6 Å². The van der Waals surface area contributed by atoms with Crippen LogP contribution in [0.5, 0.6) is 5.75 Å². The largest absolute Gasteiger partial charge is 0.490 e. The zero-order valence-corrected chi connectivity index (χ0v) is 14.3. The summed E-state index contributed by atoms with van der Waals surface area (Å²) in [6.07, 6.45) is 1.54. The Morgan fingerprint density at radius 3 is 2.58 bits per heavy atom. The van der Waals surface area contributed by atoms with Gasteiger partial charge in [-0.3, -0.25) is 4.79 Å². The van der Waals surface area contributed by atoms with Crippen LogP contribution in [0.1, 0.15) is 23.0 Å². The Hall–Kier alpha value is -3.22. The molecule has 7 heteroatoms. The SMILES string of the molecule is CCOc1cn(-c2ccc(F)cc2)nc1C(=O)Nc1ccc(C)c(F)c1. The maximum absolute atomic E-state index is 13.7. The van der Waals surface area contributed by atoms with Crippen LogP contribution in [0, 0.1) is 18.6 Å². The van der Waals surface area contributed by atoms with Crippen molar-refractivity contribution in [1.82, 2.24) is 9.78 Å². The summed E-state index contributed by atoms with van der Waals surface area (Å²) in [6, 6.07) is 10.1. The predicted octanol–water partition coefficient (Wildman–Crippen LogP) is 4.11. The number of rotatable bonds is 5. The average molecular weight is 357 g/mol. The van der Waals surface area contributed by atoms with E-state index in [1.807, 2.05) is 0 Å². The zero-order valence-electron chi connectivity index (χ0n) is 14.3. The average Bonchev–Trinajstić information content (AvgIpc) is 3.03. The monoisotopic (exact) mass is 357 g/mol. The molecule has 0 fully saturated rings. The second kappa shape index (κ2) is 7.35. The van der Waals surface area contributed by atoms with Crippen molar-refractivity contribution < 1.29 is 18.3 Å². The fourth-order valence-corrected chi connectivity index (χ4v) is 2.36. The fourth-order valence-electron chi connectivity index (χ4n) is 2.36. The Bertz CT molecular complexity index is 936. The summed E-state index contributed by atoms with van der Waals surface area (Å²) in [6.45, 7) is 3.76. The number of hydrogen-bond acceptors (Lipinski definition) is 3. The molecule has 0 bridgehead atoms. The number of aromatic nitrogens is 2. The van der Waals surface area contributed by atoms with E-state index >= 15 is 0 Å². The highest BCUT2D eigenvalue weighted by Crippen LogP contribution is 2.22. The molecule has 0 spiro atoms. The Morgan fingerprint density at radius 1 is 1.19 bits per heavy atom. The van der Waals surface area contributed by atoms with Crippen LogP contribution < -0.4 is 10.1 Å². The quantitative estimate of drug-likeness (QED) is 0.748. The van der Waals surface area contributed by atoms with Crippen LogP contribution >= 0.6 is 0 Å². The third kappa shape index (κ3) is 3.72. The number of ether oxygens (including phenoxy) is 1. The van der Waals surface area contributed by atoms with E-state index in [9.17, 15) is 13.6 Å². The highest BCUT2D eigenvalue weighted by Gasteiger charge is 2.19. The lowest BCUT2D eigenvalue weighted by Gasteiger charge is -2.06. The lowest BCUT2D eigenvalue weighted by Crippen LogP contribution is -2.14. The van der Waals surface area contributed by atoms with E-state index in [4.69, 9.17) is 4.74 Å². The van der Waals surface area contributed by atoms with Crippen LogP contribution in [0.25, 0.3) is 5.69 Å². The minimum absolute atomic E-state index is 0.0529. The van der Waals surface area contributed by atoms with Crippen LogP contribution in [0.4, 0.5) is 14.5 Å². The third-order valence-electron chi connectivity index (χ3n) is 3.72. The van der Waals surface area contributed by atoms with Crippen LogP contribution in [0.2, 0.25) is 0 Å². The number of anilines is 1. The van der Waals surface area contributed by atoms with Crippen molar-refractivity contribution in [2.75, 3.05) is 11.9 Å². The highest BCUT2D eigenvalue weighted by molar-refractivity contribution is 6.04. The second-order valence-corrected chi connectivity index (χ2v) is 5.61. The van der Waals surface area contributed by atoms with E-state index < -0.39 is 11.7 Å². The lowest BCUT2D eigenvalue weighted by atomic mass is 10.2. The Kier molecular flexibility index (Phi) is 4.97. The van der Waals surface area contributed by atoms with Gasteiger partial charge in [-0.05, 0) is 55.8 Å². The number of hydrogen-bond donors (Lipinski definition) is 1. The third-order valence-corrected chi connectivity index (χ3v) is 3.72. The molecule has 26 heavy (non-hydrogen) atoms. The van der Waals surface area contributed by atoms with Gasteiger partial charge >= 0.3 is 0 Å². The van der Waals surface area contributed by atoms with Crippen molar-refractivity contribution in [3.63, 3.8) is 0 Å².